The highest BCUT2D eigenvalue weighted by Gasteiger charge is 2.22. The molecule has 0 aliphatic carbocycles. The molecule has 0 saturated heterocycles. The zero-order valence-corrected chi connectivity index (χ0v) is 16.5. The summed E-state index contributed by atoms with van der Waals surface area (Å²) in [6, 6.07) is 10.3. The third-order valence-corrected chi connectivity index (χ3v) is 4.36. The lowest BCUT2D eigenvalue weighted by atomic mass is 10.0. The molecule has 0 aromatic heterocycles. The molecule has 0 saturated carbocycles. The Kier molecular flexibility index (Phi) is 6.69. The second-order valence-corrected chi connectivity index (χ2v) is 6.79. The Labute approximate surface area is 163 Å². The quantitative estimate of drug-likeness (QED) is 0.568. The number of methoxy groups -OCH3 is 1. The maximum atomic E-state index is 12.4. The molecule has 144 valence electrons. The Bertz CT molecular complexity index is 835. The fourth-order valence-corrected chi connectivity index (χ4v) is 2.53. The molecular weight excluding hydrogens is 368 g/mol. The van der Waals surface area contributed by atoms with Crippen molar-refractivity contribution in [2.75, 3.05) is 18.2 Å². The molecule has 0 spiro atoms. The summed E-state index contributed by atoms with van der Waals surface area (Å²) in [4.78, 5) is 24.7. The van der Waals surface area contributed by atoms with Crippen LogP contribution in [-0.4, -0.2) is 25.1 Å². The first kappa shape index (κ1) is 20.6. The number of amides is 1. The van der Waals surface area contributed by atoms with Crippen molar-refractivity contribution >= 4 is 34.9 Å². The van der Waals surface area contributed by atoms with Gasteiger partial charge in [-0.05, 0) is 36.6 Å². The van der Waals surface area contributed by atoms with Gasteiger partial charge in [0.1, 0.15) is 11.3 Å². The van der Waals surface area contributed by atoms with Crippen LogP contribution in [0.3, 0.4) is 0 Å². The zero-order chi connectivity index (χ0) is 20.1. The molecule has 2 aromatic carbocycles. The summed E-state index contributed by atoms with van der Waals surface area (Å²) < 4.78 is 10.4. The largest absolute Gasteiger partial charge is 0.496 e. The van der Waals surface area contributed by atoms with Crippen LogP contribution in [-0.2, 0) is 9.53 Å². The number of anilines is 2. The van der Waals surface area contributed by atoms with Crippen LogP contribution in [0.2, 0.25) is 5.02 Å². The van der Waals surface area contributed by atoms with E-state index in [9.17, 15) is 9.59 Å². The number of esters is 1. The smallest absolute Gasteiger partial charge is 0.342 e. The van der Waals surface area contributed by atoms with Gasteiger partial charge in [0, 0.05) is 11.8 Å². The van der Waals surface area contributed by atoms with Gasteiger partial charge in [0.25, 0.3) is 5.91 Å². The summed E-state index contributed by atoms with van der Waals surface area (Å²) >= 11 is 5.96. The predicted octanol–water partition coefficient (Wildman–Crippen LogP) is 4.24. The molecule has 1 atom stereocenters. The van der Waals surface area contributed by atoms with Crippen molar-refractivity contribution in [2.24, 2.45) is 0 Å². The van der Waals surface area contributed by atoms with Crippen LogP contribution in [0, 0.1) is 0 Å². The monoisotopic (exact) mass is 390 g/mol. The van der Waals surface area contributed by atoms with E-state index in [0.717, 1.165) is 0 Å². The number of hydrogen-bond acceptors (Lipinski definition) is 5. The third kappa shape index (κ3) is 5.14. The molecule has 0 heterocycles. The number of benzene rings is 2. The number of carbonyl (C=O) groups excluding carboxylic acids is 2. The van der Waals surface area contributed by atoms with E-state index < -0.39 is 18.0 Å². The highest BCUT2D eigenvalue weighted by Crippen LogP contribution is 2.29. The topological polar surface area (TPSA) is 90.7 Å². The minimum Gasteiger partial charge on any atom is -0.496 e. The number of rotatable bonds is 6. The van der Waals surface area contributed by atoms with Crippen LogP contribution >= 0.6 is 11.6 Å². The molecular formula is C20H23ClN2O4. The van der Waals surface area contributed by atoms with Crippen molar-refractivity contribution in [3.63, 3.8) is 0 Å². The van der Waals surface area contributed by atoms with Crippen molar-refractivity contribution in [3.05, 3.63) is 52.5 Å². The van der Waals surface area contributed by atoms with Crippen molar-refractivity contribution in [1.82, 2.24) is 0 Å². The average molecular weight is 391 g/mol. The van der Waals surface area contributed by atoms with E-state index in [-0.39, 0.29) is 22.0 Å². The second kappa shape index (κ2) is 8.77. The summed E-state index contributed by atoms with van der Waals surface area (Å²) in [5.41, 5.74) is 7.87. The van der Waals surface area contributed by atoms with Crippen LogP contribution in [0.4, 0.5) is 11.4 Å². The molecule has 0 aliphatic heterocycles. The fourth-order valence-electron chi connectivity index (χ4n) is 2.37. The van der Waals surface area contributed by atoms with Crippen molar-refractivity contribution in [2.45, 2.75) is 32.8 Å². The van der Waals surface area contributed by atoms with Gasteiger partial charge in [-0.3, -0.25) is 4.79 Å². The first-order chi connectivity index (χ1) is 12.7. The molecule has 2 rings (SSSR count). The Morgan fingerprint density at radius 1 is 1.11 bits per heavy atom. The average Bonchev–Trinajstić information content (AvgIpc) is 2.63. The molecule has 0 radical (unpaired) electrons. The van der Waals surface area contributed by atoms with Gasteiger partial charge in [-0.15, -0.1) is 0 Å². The normalized spacial score (nSPS) is 11.8. The van der Waals surface area contributed by atoms with Gasteiger partial charge in [0.2, 0.25) is 0 Å². The summed E-state index contributed by atoms with van der Waals surface area (Å²) in [7, 11) is 1.40. The van der Waals surface area contributed by atoms with E-state index in [1.807, 2.05) is 24.3 Å². The number of hydrogen-bond donors (Lipinski definition) is 2. The molecule has 6 nitrogen and oxygen atoms in total. The fraction of sp³-hybridized carbons (Fsp3) is 0.300. The maximum Gasteiger partial charge on any atom is 0.342 e. The van der Waals surface area contributed by atoms with Gasteiger partial charge in [0.05, 0.1) is 17.8 Å². The van der Waals surface area contributed by atoms with Gasteiger partial charge in [0.15, 0.2) is 6.10 Å². The van der Waals surface area contributed by atoms with E-state index in [0.29, 0.717) is 11.6 Å². The van der Waals surface area contributed by atoms with Gasteiger partial charge < -0.3 is 20.5 Å². The Morgan fingerprint density at radius 3 is 2.30 bits per heavy atom. The number of nitrogens with two attached hydrogens (primary N) is 1. The van der Waals surface area contributed by atoms with Gasteiger partial charge >= 0.3 is 5.97 Å². The SMILES string of the molecule is COc1cc(N)c(Cl)cc1C(=O)O[C@H](C)C(=O)Nc1ccc(C(C)C)cc1. The maximum absolute atomic E-state index is 12.4. The van der Waals surface area contributed by atoms with E-state index in [4.69, 9.17) is 26.8 Å². The number of carbonyl (C=O) groups is 2. The highest BCUT2D eigenvalue weighted by molar-refractivity contribution is 6.33. The van der Waals surface area contributed by atoms with Crippen LogP contribution in [0.15, 0.2) is 36.4 Å². The number of nitrogens with one attached hydrogen (secondary N) is 1. The summed E-state index contributed by atoms with van der Waals surface area (Å²) in [6.45, 7) is 5.67. The highest BCUT2D eigenvalue weighted by atomic mass is 35.5. The number of nitrogen functional groups attached to an aromatic ring is 1. The second-order valence-electron chi connectivity index (χ2n) is 6.39. The zero-order valence-electron chi connectivity index (χ0n) is 15.7. The number of ether oxygens (including phenoxy) is 2. The van der Waals surface area contributed by atoms with Gasteiger partial charge in [-0.2, -0.15) is 0 Å². The summed E-state index contributed by atoms with van der Waals surface area (Å²) in [5, 5.41) is 2.92. The number of halogens is 1. The van der Waals surface area contributed by atoms with Crippen molar-refractivity contribution in [3.8, 4) is 5.75 Å². The third-order valence-electron chi connectivity index (χ3n) is 4.04. The lowest BCUT2D eigenvalue weighted by Gasteiger charge is -2.16. The molecule has 0 fully saturated rings. The summed E-state index contributed by atoms with van der Waals surface area (Å²) in [5.74, 6) is -0.553. The van der Waals surface area contributed by atoms with E-state index in [1.165, 1.54) is 31.7 Å². The molecule has 3 N–H and O–H groups in total. The van der Waals surface area contributed by atoms with Crippen molar-refractivity contribution < 1.29 is 19.1 Å². The Balaban J connectivity index is 2.05. The molecule has 0 unspecified atom stereocenters. The van der Waals surface area contributed by atoms with E-state index in [2.05, 4.69) is 19.2 Å². The lowest BCUT2D eigenvalue weighted by Crippen LogP contribution is -2.30. The molecule has 1 amide bonds. The first-order valence-electron chi connectivity index (χ1n) is 8.47. The molecule has 2 aromatic rings. The van der Waals surface area contributed by atoms with Crippen LogP contribution in [0.1, 0.15) is 42.6 Å². The van der Waals surface area contributed by atoms with Crippen molar-refractivity contribution in [1.29, 1.82) is 0 Å². The van der Waals surface area contributed by atoms with Crippen LogP contribution < -0.4 is 15.8 Å². The van der Waals surface area contributed by atoms with E-state index in [1.54, 1.807) is 0 Å². The summed E-state index contributed by atoms with van der Waals surface area (Å²) in [6.07, 6.45) is -1.01. The van der Waals surface area contributed by atoms with Crippen LogP contribution in [0.25, 0.3) is 0 Å². The van der Waals surface area contributed by atoms with Gasteiger partial charge in [-0.1, -0.05) is 37.6 Å². The minimum atomic E-state index is -1.01. The molecule has 0 aliphatic rings. The molecule has 27 heavy (non-hydrogen) atoms. The molecule has 7 heteroatoms. The minimum absolute atomic E-state index is 0.0950. The standard InChI is InChI=1S/C20H23ClN2O4/c1-11(2)13-5-7-14(8-6-13)23-19(24)12(3)27-20(25)15-9-16(21)17(22)10-18(15)26-4/h5-12H,22H2,1-4H3,(H,23,24)/t12-/m1/s1. The predicted molar refractivity (Wildman–Crippen MR) is 106 cm³/mol. The van der Waals surface area contributed by atoms with Crippen LogP contribution in [0.5, 0.6) is 5.75 Å². The van der Waals surface area contributed by atoms with Gasteiger partial charge in [-0.25, -0.2) is 4.79 Å². The Hall–Kier alpha value is -2.73. The lowest BCUT2D eigenvalue weighted by molar-refractivity contribution is -0.123. The molecule has 0 bridgehead atoms. The van der Waals surface area contributed by atoms with E-state index >= 15 is 0 Å². The Morgan fingerprint density at radius 2 is 1.74 bits per heavy atom. The first-order valence-corrected chi connectivity index (χ1v) is 8.85.